The largest absolute Gasteiger partial charge is 0.481 e. The predicted octanol–water partition coefficient (Wildman–Crippen LogP) is 2.18. The third-order valence-electron chi connectivity index (χ3n) is 4.18. The summed E-state index contributed by atoms with van der Waals surface area (Å²) in [6.07, 6.45) is 1.90. The van der Waals surface area contributed by atoms with Crippen molar-refractivity contribution in [2.24, 2.45) is 0 Å². The van der Waals surface area contributed by atoms with Gasteiger partial charge in [-0.3, -0.25) is 14.4 Å². The fourth-order valence-electron chi connectivity index (χ4n) is 2.71. The van der Waals surface area contributed by atoms with Gasteiger partial charge in [-0.25, -0.2) is 0 Å². The number of rotatable bonds is 7. The van der Waals surface area contributed by atoms with Gasteiger partial charge in [-0.2, -0.15) is 0 Å². The zero-order chi connectivity index (χ0) is 17.7. The molecule has 1 heterocycles. The number of hydrogen-bond donors (Lipinski definition) is 2. The van der Waals surface area contributed by atoms with Crippen molar-refractivity contribution in [1.29, 1.82) is 0 Å². The minimum absolute atomic E-state index is 0.0100. The summed E-state index contributed by atoms with van der Waals surface area (Å²) in [7, 11) is 0. The Kier molecular flexibility index (Phi) is 5.59. The number of benzene rings is 1. The van der Waals surface area contributed by atoms with Crippen LogP contribution in [0, 0.1) is 0 Å². The third-order valence-corrected chi connectivity index (χ3v) is 4.18. The molecule has 1 aliphatic rings. The number of carbonyl (C=O) groups is 3. The molecule has 2 amide bonds. The Bertz CT molecular complexity index is 622. The number of carboxylic acid groups (broad SMARTS) is 1. The normalized spacial score (nSPS) is 14.8. The Hall–Kier alpha value is -2.37. The Morgan fingerprint density at radius 2 is 1.92 bits per heavy atom. The number of carboxylic acids is 1. The van der Waals surface area contributed by atoms with Crippen molar-refractivity contribution in [2.75, 3.05) is 6.54 Å². The second-order valence-corrected chi connectivity index (χ2v) is 6.85. The van der Waals surface area contributed by atoms with Gasteiger partial charge < -0.3 is 15.3 Å². The van der Waals surface area contributed by atoms with E-state index < -0.39 is 11.5 Å². The van der Waals surface area contributed by atoms with E-state index in [1.165, 1.54) is 0 Å². The molecule has 0 unspecified atom stereocenters. The van der Waals surface area contributed by atoms with Gasteiger partial charge in [-0.1, -0.05) is 12.1 Å². The van der Waals surface area contributed by atoms with Crippen molar-refractivity contribution >= 4 is 17.8 Å². The molecule has 1 saturated heterocycles. The van der Waals surface area contributed by atoms with Crippen LogP contribution in [0.3, 0.4) is 0 Å². The molecule has 1 fully saturated rings. The molecule has 0 aliphatic carbocycles. The Morgan fingerprint density at radius 3 is 2.46 bits per heavy atom. The first kappa shape index (κ1) is 18.0. The second-order valence-electron chi connectivity index (χ2n) is 6.85. The molecule has 6 nitrogen and oxygen atoms in total. The highest BCUT2D eigenvalue weighted by atomic mass is 16.4. The van der Waals surface area contributed by atoms with E-state index >= 15 is 0 Å². The third kappa shape index (κ3) is 5.08. The molecule has 6 heteroatoms. The smallest absolute Gasteiger partial charge is 0.303 e. The number of amides is 2. The van der Waals surface area contributed by atoms with Crippen molar-refractivity contribution < 1.29 is 19.5 Å². The van der Waals surface area contributed by atoms with Crippen LogP contribution in [0.25, 0.3) is 0 Å². The number of likely N-dealkylation sites (tertiary alicyclic amines) is 1. The standard InChI is InChI=1S/C18H24N2O4/c1-18(2,10-9-16(22)23)19-17(24)14-7-5-13(6-8-14)12-20-11-3-4-15(20)21/h5-8H,3-4,9-12H2,1-2H3,(H,19,24)(H,22,23). The first-order valence-electron chi connectivity index (χ1n) is 8.18. The molecule has 24 heavy (non-hydrogen) atoms. The number of nitrogens with one attached hydrogen (secondary N) is 1. The summed E-state index contributed by atoms with van der Waals surface area (Å²) in [6, 6.07) is 7.17. The summed E-state index contributed by atoms with van der Waals surface area (Å²) in [5.74, 6) is -0.927. The fourth-order valence-corrected chi connectivity index (χ4v) is 2.71. The molecular weight excluding hydrogens is 308 g/mol. The molecule has 1 aliphatic heterocycles. The maximum Gasteiger partial charge on any atom is 0.303 e. The maximum atomic E-state index is 12.3. The Balaban J connectivity index is 1.93. The van der Waals surface area contributed by atoms with Gasteiger partial charge >= 0.3 is 5.97 Å². The average molecular weight is 332 g/mol. The van der Waals surface area contributed by atoms with Crippen molar-refractivity contribution in [3.05, 3.63) is 35.4 Å². The molecule has 0 radical (unpaired) electrons. The molecule has 130 valence electrons. The van der Waals surface area contributed by atoms with Gasteiger partial charge in [0, 0.05) is 37.0 Å². The van der Waals surface area contributed by atoms with Crippen LogP contribution in [-0.4, -0.2) is 39.9 Å². The Morgan fingerprint density at radius 1 is 1.25 bits per heavy atom. The maximum absolute atomic E-state index is 12.3. The molecule has 2 N–H and O–H groups in total. The lowest BCUT2D eigenvalue weighted by atomic mass is 9.97. The summed E-state index contributed by atoms with van der Waals surface area (Å²) < 4.78 is 0. The SMILES string of the molecule is CC(C)(CCC(=O)O)NC(=O)c1ccc(CN2CCCC2=O)cc1. The van der Waals surface area contributed by atoms with E-state index in [2.05, 4.69) is 5.32 Å². The Labute approximate surface area is 141 Å². The van der Waals surface area contributed by atoms with E-state index in [-0.39, 0.29) is 18.2 Å². The van der Waals surface area contributed by atoms with Crippen LogP contribution in [0.5, 0.6) is 0 Å². The quantitative estimate of drug-likeness (QED) is 0.801. The molecule has 2 rings (SSSR count). The minimum Gasteiger partial charge on any atom is -0.481 e. The number of carbonyl (C=O) groups excluding carboxylic acids is 2. The van der Waals surface area contributed by atoms with Crippen LogP contribution < -0.4 is 5.32 Å². The highest BCUT2D eigenvalue weighted by Crippen LogP contribution is 2.16. The summed E-state index contributed by atoms with van der Waals surface area (Å²) in [6.45, 7) is 4.98. The highest BCUT2D eigenvalue weighted by molar-refractivity contribution is 5.94. The minimum atomic E-state index is -0.877. The van der Waals surface area contributed by atoms with E-state index in [4.69, 9.17) is 5.11 Å². The molecule has 1 aromatic rings. The van der Waals surface area contributed by atoms with E-state index in [1.54, 1.807) is 26.0 Å². The number of hydrogen-bond acceptors (Lipinski definition) is 3. The zero-order valence-corrected chi connectivity index (χ0v) is 14.2. The lowest BCUT2D eigenvalue weighted by Gasteiger charge is -2.25. The summed E-state index contributed by atoms with van der Waals surface area (Å²) in [4.78, 5) is 36.4. The van der Waals surface area contributed by atoms with Crippen molar-refractivity contribution in [3.8, 4) is 0 Å². The lowest BCUT2D eigenvalue weighted by molar-refractivity contribution is -0.137. The van der Waals surface area contributed by atoms with Crippen LogP contribution in [0.4, 0.5) is 0 Å². The molecule has 0 aromatic heterocycles. The van der Waals surface area contributed by atoms with E-state index in [0.29, 0.717) is 24.9 Å². The fraction of sp³-hybridized carbons (Fsp3) is 0.500. The monoisotopic (exact) mass is 332 g/mol. The summed E-state index contributed by atoms with van der Waals surface area (Å²) in [5.41, 5.74) is 0.928. The van der Waals surface area contributed by atoms with Crippen LogP contribution in [-0.2, 0) is 16.1 Å². The molecule has 0 spiro atoms. The van der Waals surface area contributed by atoms with E-state index in [9.17, 15) is 14.4 Å². The van der Waals surface area contributed by atoms with Crippen molar-refractivity contribution in [3.63, 3.8) is 0 Å². The van der Waals surface area contributed by atoms with Gasteiger partial charge in [0.2, 0.25) is 5.91 Å². The van der Waals surface area contributed by atoms with E-state index in [0.717, 1.165) is 18.5 Å². The lowest BCUT2D eigenvalue weighted by Crippen LogP contribution is -2.43. The average Bonchev–Trinajstić information content (AvgIpc) is 2.91. The van der Waals surface area contributed by atoms with Gasteiger partial charge in [0.05, 0.1) is 0 Å². The molecule has 0 atom stereocenters. The van der Waals surface area contributed by atoms with Crippen LogP contribution >= 0.6 is 0 Å². The van der Waals surface area contributed by atoms with Gasteiger partial charge in [0.25, 0.3) is 5.91 Å². The van der Waals surface area contributed by atoms with Crippen LogP contribution in [0.2, 0.25) is 0 Å². The summed E-state index contributed by atoms with van der Waals surface area (Å²) >= 11 is 0. The van der Waals surface area contributed by atoms with Gasteiger partial charge in [0.1, 0.15) is 0 Å². The first-order valence-corrected chi connectivity index (χ1v) is 8.18. The van der Waals surface area contributed by atoms with Gasteiger partial charge in [-0.15, -0.1) is 0 Å². The van der Waals surface area contributed by atoms with Gasteiger partial charge in [0.15, 0.2) is 0 Å². The zero-order valence-electron chi connectivity index (χ0n) is 14.2. The summed E-state index contributed by atoms with van der Waals surface area (Å²) in [5, 5.41) is 11.6. The van der Waals surface area contributed by atoms with E-state index in [1.807, 2.05) is 17.0 Å². The van der Waals surface area contributed by atoms with Gasteiger partial charge in [-0.05, 0) is 44.4 Å². The van der Waals surface area contributed by atoms with Crippen molar-refractivity contribution in [1.82, 2.24) is 10.2 Å². The molecule has 0 saturated carbocycles. The number of nitrogens with zero attached hydrogens (tertiary/aromatic N) is 1. The second kappa shape index (κ2) is 7.47. The molecule has 0 bridgehead atoms. The topological polar surface area (TPSA) is 86.7 Å². The number of aliphatic carboxylic acids is 1. The molecule has 1 aromatic carbocycles. The predicted molar refractivity (Wildman–Crippen MR) is 89.5 cm³/mol. The van der Waals surface area contributed by atoms with Crippen LogP contribution in [0.1, 0.15) is 55.5 Å². The highest BCUT2D eigenvalue weighted by Gasteiger charge is 2.23. The van der Waals surface area contributed by atoms with Crippen LogP contribution in [0.15, 0.2) is 24.3 Å². The van der Waals surface area contributed by atoms with Crippen molar-refractivity contribution in [2.45, 2.75) is 51.6 Å². The molecular formula is C18H24N2O4. The first-order chi connectivity index (χ1) is 11.3.